The minimum absolute atomic E-state index is 0.0484. The van der Waals surface area contributed by atoms with Crippen LogP contribution in [0.25, 0.3) is 11.1 Å². The number of likely N-dealkylation sites (tertiary alicyclic amines) is 1. The summed E-state index contributed by atoms with van der Waals surface area (Å²) >= 11 is 0. The molecule has 1 amide bonds. The van der Waals surface area contributed by atoms with Gasteiger partial charge in [-0.2, -0.15) is 0 Å². The zero-order valence-corrected chi connectivity index (χ0v) is 17.4. The van der Waals surface area contributed by atoms with Crippen LogP contribution in [0, 0.1) is 0 Å². The summed E-state index contributed by atoms with van der Waals surface area (Å²) in [6.07, 6.45) is 4.00. The molecule has 162 valence electrons. The molecule has 1 aliphatic heterocycles. The van der Waals surface area contributed by atoms with Gasteiger partial charge in [0, 0.05) is 12.3 Å². The Morgan fingerprint density at radius 3 is 2.16 bits per heavy atom. The molecule has 0 spiro atoms. The van der Waals surface area contributed by atoms with Crippen molar-refractivity contribution >= 4 is 12.1 Å². The summed E-state index contributed by atoms with van der Waals surface area (Å²) in [6.45, 7) is 0.452. The number of carbonyl (C=O) groups excluding carboxylic acids is 1. The number of carboxylic acid groups (broad SMARTS) is 1. The lowest BCUT2D eigenvalue weighted by Gasteiger charge is -2.22. The second kappa shape index (κ2) is 8.35. The van der Waals surface area contributed by atoms with Crippen LogP contribution in [0.4, 0.5) is 4.79 Å². The maximum atomic E-state index is 12.9. The van der Waals surface area contributed by atoms with Crippen LogP contribution >= 0.6 is 0 Å². The highest BCUT2D eigenvalue weighted by Crippen LogP contribution is 2.44. The van der Waals surface area contributed by atoms with Crippen molar-refractivity contribution in [3.05, 3.63) is 59.7 Å². The van der Waals surface area contributed by atoms with E-state index >= 15 is 0 Å². The third-order valence-corrected chi connectivity index (χ3v) is 6.81. The Morgan fingerprint density at radius 2 is 1.55 bits per heavy atom. The fraction of sp³-hybridized carbons (Fsp3) is 0.440. The van der Waals surface area contributed by atoms with Crippen molar-refractivity contribution in [1.29, 1.82) is 0 Å². The van der Waals surface area contributed by atoms with Crippen LogP contribution in [0.5, 0.6) is 0 Å². The average molecular weight is 421 g/mol. The molecule has 2 fully saturated rings. The first-order valence-electron chi connectivity index (χ1n) is 11.1. The standard InChI is InChI=1S/C25H27NO5/c27-24(28)23-13-17(31-16-7-1-2-8-16)14-26(23)25(29)30-15-22-20-11-5-3-9-18(20)19-10-4-6-12-21(19)22/h3-6,9-12,16-17,22-23H,1-2,7-8,13-15H2,(H,27,28)/t17-,23+/m1/s1. The number of benzene rings is 2. The second-order valence-electron chi connectivity index (χ2n) is 8.71. The van der Waals surface area contributed by atoms with Gasteiger partial charge in [-0.25, -0.2) is 9.59 Å². The number of aliphatic carboxylic acids is 1. The maximum absolute atomic E-state index is 12.9. The molecule has 0 bridgehead atoms. The summed E-state index contributed by atoms with van der Waals surface area (Å²) in [4.78, 5) is 26.0. The molecule has 31 heavy (non-hydrogen) atoms. The highest BCUT2D eigenvalue weighted by Gasteiger charge is 2.42. The highest BCUT2D eigenvalue weighted by atomic mass is 16.6. The van der Waals surface area contributed by atoms with E-state index in [0.717, 1.165) is 47.9 Å². The van der Waals surface area contributed by atoms with Crippen LogP contribution in [-0.2, 0) is 14.3 Å². The molecule has 0 radical (unpaired) electrons. The van der Waals surface area contributed by atoms with Crippen molar-refractivity contribution in [2.75, 3.05) is 13.2 Å². The zero-order chi connectivity index (χ0) is 21.4. The van der Waals surface area contributed by atoms with Crippen LogP contribution < -0.4 is 0 Å². The van der Waals surface area contributed by atoms with E-state index in [1.165, 1.54) is 4.90 Å². The molecule has 1 saturated heterocycles. The average Bonchev–Trinajstić information content (AvgIpc) is 3.50. The molecule has 2 aromatic carbocycles. The molecular weight excluding hydrogens is 394 g/mol. The monoisotopic (exact) mass is 421 g/mol. The number of rotatable bonds is 5. The molecule has 2 aromatic rings. The van der Waals surface area contributed by atoms with E-state index in [4.69, 9.17) is 9.47 Å². The van der Waals surface area contributed by atoms with Crippen molar-refractivity contribution in [2.45, 2.75) is 56.3 Å². The number of nitrogens with zero attached hydrogens (tertiary/aromatic N) is 1. The van der Waals surface area contributed by atoms with Crippen molar-refractivity contribution in [3.63, 3.8) is 0 Å². The Hall–Kier alpha value is -2.86. The topological polar surface area (TPSA) is 76.1 Å². The molecule has 0 unspecified atom stereocenters. The molecule has 1 N–H and O–H groups in total. The van der Waals surface area contributed by atoms with E-state index in [-0.39, 0.29) is 31.3 Å². The fourth-order valence-corrected chi connectivity index (χ4v) is 5.31. The number of ether oxygens (including phenoxy) is 2. The van der Waals surface area contributed by atoms with Gasteiger partial charge in [0.2, 0.25) is 0 Å². The molecule has 2 aliphatic carbocycles. The van der Waals surface area contributed by atoms with E-state index in [0.29, 0.717) is 6.42 Å². The fourth-order valence-electron chi connectivity index (χ4n) is 5.31. The first-order valence-corrected chi connectivity index (χ1v) is 11.1. The minimum atomic E-state index is -1.01. The van der Waals surface area contributed by atoms with Crippen molar-refractivity contribution in [3.8, 4) is 11.1 Å². The van der Waals surface area contributed by atoms with Gasteiger partial charge in [-0.3, -0.25) is 4.90 Å². The molecule has 0 aromatic heterocycles. The number of amides is 1. The number of hydrogen-bond acceptors (Lipinski definition) is 4. The first-order chi connectivity index (χ1) is 15.1. The molecule has 3 aliphatic rings. The van der Waals surface area contributed by atoms with Crippen molar-refractivity contribution in [2.24, 2.45) is 0 Å². The van der Waals surface area contributed by atoms with E-state index in [2.05, 4.69) is 24.3 Å². The molecule has 5 rings (SSSR count). The number of carboxylic acids is 1. The summed E-state index contributed by atoms with van der Waals surface area (Å²) < 4.78 is 11.8. The molecule has 1 heterocycles. The van der Waals surface area contributed by atoms with Gasteiger partial charge >= 0.3 is 12.1 Å². The summed E-state index contributed by atoms with van der Waals surface area (Å²) in [6, 6.07) is 15.4. The van der Waals surface area contributed by atoms with Crippen LogP contribution in [0.3, 0.4) is 0 Å². The summed E-state index contributed by atoms with van der Waals surface area (Å²) in [5.41, 5.74) is 4.59. The number of hydrogen-bond donors (Lipinski definition) is 1. The van der Waals surface area contributed by atoms with Gasteiger partial charge in [-0.1, -0.05) is 61.4 Å². The molecular formula is C25H27NO5. The summed E-state index contributed by atoms with van der Waals surface area (Å²) in [7, 11) is 0. The third-order valence-electron chi connectivity index (χ3n) is 6.81. The van der Waals surface area contributed by atoms with Gasteiger partial charge in [0.25, 0.3) is 0 Å². The van der Waals surface area contributed by atoms with Gasteiger partial charge in [0.05, 0.1) is 18.8 Å². The lowest BCUT2D eigenvalue weighted by molar-refractivity contribution is -0.141. The van der Waals surface area contributed by atoms with Crippen LogP contribution in [0.15, 0.2) is 48.5 Å². The van der Waals surface area contributed by atoms with Crippen LogP contribution in [0.2, 0.25) is 0 Å². The first kappa shape index (κ1) is 20.1. The smallest absolute Gasteiger partial charge is 0.410 e. The largest absolute Gasteiger partial charge is 0.480 e. The minimum Gasteiger partial charge on any atom is -0.480 e. The van der Waals surface area contributed by atoms with E-state index in [1.807, 2.05) is 24.3 Å². The van der Waals surface area contributed by atoms with Gasteiger partial charge in [0.1, 0.15) is 12.6 Å². The Labute approximate surface area is 181 Å². The summed E-state index contributed by atoms with van der Waals surface area (Å²) in [5, 5.41) is 9.65. The Kier molecular flexibility index (Phi) is 5.40. The van der Waals surface area contributed by atoms with Crippen LogP contribution in [0.1, 0.15) is 49.1 Å². The van der Waals surface area contributed by atoms with E-state index in [9.17, 15) is 14.7 Å². The summed E-state index contributed by atoms with van der Waals surface area (Å²) in [5.74, 6) is -1.06. The maximum Gasteiger partial charge on any atom is 0.410 e. The van der Waals surface area contributed by atoms with Gasteiger partial charge in [-0.15, -0.1) is 0 Å². The lowest BCUT2D eigenvalue weighted by atomic mass is 9.98. The third kappa shape index (κ3) is 3.81. The van der Waals surface area contributed by atoms with Gasteiger partial charge < -0.3 is 14.6 Å². The van der Waals surface area contributed by atoms with Gasteiger partial charge in [0.15, 0.2) is 0 Å². The van der Waals surface area contributed by atoms with Gasteiger partial charge in [-0.05, 0) is 35.1 Å². The zero-order valence-electron chi connectivity index (χ0n) is 17.4. The Morgan fingerprint density at radius 1 is 0.935 bits per heavy atom. The predicted octanol–water partition coefficient (Wildman–Crippen LogP) is 4.42. The van der Waals surface area contributed by atoms with E-state index < -0.39 is 18.1 Å². The SMILES string of the molecule is O=C(O)[C@@H]1C[C@@H](OC2CCCC2)CN1C(=O)OCC1c2ccccc2-c2ccccc21. The van der Waals surface area contributed by atoms with Crippen molar-refractivity contribution in [1.82, 2.24) is 4.90 Å². The quantitative estimate of drug-likeness (QED) is 0.773. The van der Waals surface area contributed by atoms with E-state index in [1.54, 1.807) is 0 Å². The van der Waals surface area contributed by atoms with Crippen molar-refractivity contribution < 1.29 is 24.2 Å². The Balaban J connectivity index is 1.28. The Bertz CT molecular complexity index is 938. The normalized spacial score (nSPS) is 23.0. The van der Waals surface area contributed by atoms with Crippen LogP contribution in [-0.4, -0.2) is 53.5 Å². The lowest BCUT2D eigenvalue weighted by Crippen LogP contribution is -2.41. The second-order valence-corrected chi connectivity index (χ2v) is 8.71. The molecule has 6 nitrogen and oxygen atoms in total. The number of carbonyl (C=O) groups is 2. The predicted molar refractivity (Wildman–Crippen MR) is 115 cm³/mol. The molecule has 2 atom stereocenters. The highest BCUT2D eigenvalue weighted by molar-refractivity contribution is 5.81. The number of fused-ring (bicyclic) bond motifs is 3. The molecule has 1 saturated carbocycles. The molecule has 6 heteroatoms.